The molecule has 0 aliphatic heterocycles. The van der Waals surface area contributed by atoms with Crippen LogP contribution >= 0.6 is 0 Å². The number of aromatic nitrogens is 2. The van der Waals surface area contributed by atoms with Gasteiger partial charge in [-0.15, -0.1) is 0 Å². The third-order valence-corrected chi connectivity index (χ3v) is 6.60. The van der Waals surface area contributed by atoms with Crippen LogP contribution in [0.3, 0.4) is 0 Å². The predicted molar refractivity (Wildman–Crippen MR) is 120 cm³/mol. The number of para-hydroxylation sites is 2. The zero-order valence-electron chi connectivity index (χ0n) is 17.3. The third-order valence-electron chi connectivity index (χ3n) is 6.60. The van der Waals surface area contributed by atoms with E-state index < -0.39 is 0 Å². The first kappa shape index (κ1) is 17.5. The van der Waals surface area contributed by atoms with Gasteiger partial charge in [0.05, 0.1) is 16.6 Å². The van der Waals surface area contributed by atoms with E-state index in [9.17, 15) is 0 Å². The van der Waals surface area contributed by atoms with Crippen molar-refractivity contribution in [2.75, 3.05) is 0 Å². The normalized spacial score (nSPS) is 18.1. The zero-order valence-corrected chi connectivity index (χ0v) is 17.3. The molecular formula is C26H28N2. The summed E-state index contributed by atoms with van der Waals surface area (Å²) in [5, 5.41) is 2.60. The van der Waals surface area contributed by atoms with Gasteiger partial charge in [0, 0.05) is 16.3 Å². The Bertz CT molecular complexity index is 1230. The summed E-state index contributed by atoms with van der Waals surface area (Å²) in [6.07, 6.45) is 6.11. The molecule has 1 unspecified atom stereocenters. The average Bonchev–Trinajstić information content (AvgIpc) is 3.03. The summed E-state index contributed by atoms with van der Waals surface area (Å²) >= 11 is 0. The topological polar surface area (TPSA) is 17.3 Å². The average molecular weight is 369 g/mol. The monoisotopic (exact) mass is 368 g/mol. The molecule has 142 valence electrons. The summed E-state index contributed by atoms with van der Waals surface area (Å²) in [6.45, 7) is 9.26. The maximum atomic E-state index is 4.90. The smallest absolute Gasteiger partial charge is 0.111 e. The lowest BCUT2D eigenvalue weighted by molar-refractivity contribution is 0.225. The Morgan fingerprint density at radius 1 is 0.964 bits per heavy atom. The minimum absolute atomic E-state index is 0.375. The van der Waals surface area contributed by atoms with Crippen LogP contribution in [0.25, 0.3) is 32.9 Å². The summed E-state index contributed by atoms with van der Waals surface area (Å²) in [4.78, 5) is 4.90. The second-order valence-corrected chi connectivity index (χ2v) is 9.32. The second-order valence-electron chi connectivity index (χ2n) is 9.32. The Labute approximate surface area is 166 Å². The lowest BCUT2D eigenvalue weighted by Crippen LogP contribution is -2.21. The second kappa shape index (κ2) is 6.20. The van der Waals surface area contributed by atoms with Crippen LogP contribution in [0, 0.1) is 18.3 Å². The molecule has 0 spiro atoms. The Hall–Kier alpha value is -2.61. The van der Waals surface area contributed by atoms with Gasteiger partial charge in [-0.2, -0.15) is 0 Å². The maximum Gasteiger partial charge on any atom is 0.111 e. The number of fused-ring (bicyclic) bond motifs is 5. The molecule has 2 heterocycles. The van der Waals surface area contributed by atoms with Crippen LogP contribution in [0.2, 0.25) is 0 Å². The fraction of sp³-hybridized carbons (Fsp3) is 0.346. The summed E-state index contributed by atoms with van der Waals surface area (Å²) in [5.74, 6) is 1.82. The van der Waals surface area contributed by atoms with Crippen LogP contribution in [0.15, 0.2) is 54.6 Å². The molecule has 2 nitrogen and oxygen atoms in total. The fourth-order valence-corrected chi connectivity index (χ4v) is 5.00. The van der Waals surface area contributed by atoms with E-state index in [0.717, 1.165) is 23.7 Å². The van der Waals surface area contributed by atoms with E-state index in [0.29, 0.717) is 5.41 Å². The number of rotatable bonds is 1. The van der Waals surface area contributed by atoms with Crippen LogP contribution in [-0.4, -0.2) is 9.38 Å². The molecule has 0 saturated carbocycles. The van der Waals surface area contributed by atoms with E-state index in [1.54, 1.807) is 0 Å². The molecule has 1 atom stereocenters. The van der Waals surface area contributed by atoms with Crippen LogP contribution in [0.4, 0.5) is 0 Å². The minimum Gasteiger partial charge on any atom is -0.297 e. The van der Waals surface area contributed by atoms with Gasteiger partial charge >= 0.3 is 0 Å². The van der Waals surface area contributed by atoms with E-state index in [2.05, 4.69) is 86.7 Å². The Kier molecular flexibility index (Phi) is 3.87. The van der Waals surface area contributed by atoms with Crippen LogP contribution in [-0.2, 0) is 0 Å². The molecule has 0 amide bonds. The summed E-state index contributed by atoms with van der Waals surface area (Å²) < 4.78 is 2.36. The van der Waals surface area contributed by atoms with Crippen molar-refractivity contribution in [1.82, 2.24) is 9.38 Å². The van der Waals surface area contributed by atoms with Crippen LogP contribution < -0.4 is 0 Å². The first-order valence-corrected chi connectivity index (χ1v) is 10.4. The largest absolute Gasteiger partial charge is 0.297 e. The van der Waals surface area contributed by atoms with E-state index in [4.69, 9.17) is 4.98 Å². The Balaban J connectivity index is 1.84. The fourth-order valence-electron chi connectivity index (χ4n) is 5.00. The molecule has 0 bridgehead atoms. The van der Waals surface area contributed by atoms with Crippen molar-refractivity contribution >= 4 is 32.9 Å². The van der Waals surface area contributed by atoms with Gasteiger partial charge in [0.15, 0.2) is 0 Å². The first-order valence-electron chi connectivity index (χ1n) is 10.4. The van der Waals surface area contributed by atoms with Crippen LogP contribution in [0.5, 0.6) is 0 Å². The summed E-state index contributed by atoms with van der Waals surface area (Å²) in [7, 11) is 0. The van der Waals surface area contributed by atoms with Crippen molar-refractivity contribution in [1.29, 1.82) is 0 Å². The van der Waals surface area contributed by atoms with Crippen molar-refractivity contribution in [3.05, 3.63) is 66.0 Å². The Morgan fingerprint density at radius 3 is 2.39 bits per heavy atom. The van der Waals surface area contributed by atoms with E-state index in [1.165, 1.54) is 45.8 Å². The number of hydrogen-bond acceptors (Lipinski definition) is 1. The molecule has 28 heavy (non-hydrogen) atoms. The zero-order chi connectivity index (χ0) is 19.5. The highest BCUT2D eigenvalue weighted by molar-refractivity contribution is 6.10. The van der Waals surface area contributed by atoms with Gasteiger partial charge in [-0.25, -0.2) is 4.98 Å². The predicted octanol–water partition coefficient (Wildman–Crippen LogP) is 7.18. The van der Waals surface area contributed by atoms with Crippen molar-refractivity contribution < 1.29 is 0 Å². The summed E-state index contributed by atoms with van der Waals surface area (Å²) in [6, 6.07) is 17.4. The van der Waals surface area contributed by atoms with Crippen LogP contribution in [0.1, 0.15) is 51.4 Å². The highest BCUT2D eigenvalue weighted by Crippen LogP contribution is 2.44. The van der Waals surface area contributed by atoms with Gasteiger partial charge in [-0.3, -0.25) is 4.40 Å². The number of nitrogens with zero attached hydrogens (tertiary/aromatic N) is 2. The molecule has 0 saturated heterocycles. The quantitative estimate of drug-likeness (QED) is 0.348. The molecule has 2 heteroatoms. The van der Waals surface area contributed by atoms with Gasteiger partial charge in [0.1, 0.15) is 5.82 Å². The minimum atomic E-state index is 0.375. The van der Waals surface area contributed by atoms with E-state index >= 15 is 0 Å². The van der Waals surface area contributed by atoms with Crippen molar-refractivity contribution in [3.8, 4) is 0 Å². The van der Waals surface area contributed by atoms with Gasteiger partial charge in [-0.05, 0) is 55.2 Å². The van der Waals surface area contributed by atoms with Crippen molar-refractivity contribution in [3.63, 3.8) is 0 Å². The lowest BCUT2D eigenvalue weighted by Gasteiger charge is -2.33. The maximum absolute atomic E-state index is 4.90. The number of allylic oxidation sites excluding steroid dienone is 2. The molecule has 2 aromatic carbocycles. The van der Waals surface area contributed by atoms with E-state index in [1.807, 2.05) is 0 Å². The molecule has 5 rings (SSSR count). The van der Waals surface area contributed by atoms with Gasteiger partial charge in [0.25, 0.3) is 0 Å². The van der Waals surface area contributed by atoms with Gasteiger partial charge in [0.2, 0.25) is 0 Å². The summed E-state index contributed by atoms with van der Waals surface area (Å²) in [5.41, 5.74) is 6.98. The Morgan fingerprint density at radius 2 is 1.68 bits per heavy atom. The molecule has 0 N–H and O–H groups in total. The first-order chi connectivity index (χ1) is 13.4. The van der Waals surface area contributed by atoms with Crippen molar-refractivity contribution in [2.24, 2.45) is 11.3 Å². The molecule has 1 aliphatic rings. The molecule has 2 aromatic heterocycles. The standard InChI is InChI=1S/C26H28N2/c1-17-27-22-11-7-5-9-20(22)25-24(21-10-6-8-12-23(21)28(17)25)18-13-15-19(16-14-18)26(2,3)4/h5-13,19H,14-16H2,1-4H3. The third kappa shape index (κ3) is 2.58. The molecule has 1 aliphatic carbocycles. The molecule has 4 aromatic rings. The van der Waals surface area contributed by atoms with E-state index in [-0.39, 0.29) is 0 Å². The molecular weight excluding hydrogens is 340 g/mol. The molecule has 0 radical (unpaired) electrons. The highest BCUT2D eigenvalue weighted by atomic mass is 15.0. The molecule has 0 fully saturated rings. The number of aryl methyl sites for hydroxylation is 1. The number of hydrogen-bond donors (Lipinski definition) is 0. The van der Waals surface area contributed by atoms with Gasteiger partial charge < -0.3 is 0 Å². The van der Waals surface area contributed by atoms with Gasteiger partial charge in [-0.1, -0.05) is 63.2 Å². The van der Waals surface area contributed by atoms with Crippen molar-refractivity contribution in [2.45, 2.75) is 47.0 Å². The highest BCUT2D eigenvalue weighted by Gasteiger charge is 2.28. The number of benzene rings is 2. The lowest BCUT2D eigenvalue weighted by atomic mass is 9.72. The SMILES string of the molecule is Cc1nc2ccccc2c2c(C3=CCC(C(C)(C)C)CC3)c3ccccc3n12.